The molecule has 0 aliphatic rings. The second-order valence-electron chi connectivity index (χ2n) is 9.95. The van der Waals surface area contributed by atoms with Gasteiger partial charge in [0.1, 0.15) is 0 Å². The highest BCUT2D eigenvalue weighted by Gasteiger charge is 2.14. The van der Waals surface area contributed by atoms with Crippen LogP contribution < -0.4 is 0 Å². The maximum Gasteiger partial charge on any atom is 0.0765 e. The number of hydrogen-bond acceptors (Lipinski definition) is 2. The van der Waals surface area contributed by atoms with Crippen LogP contribution in [0.15, 0.2) is 213 Å². The van der Waals surface area contributed by atoms with Crippen molar-refractivity contribution < 1.29 is 0 Å². The molecule has 44 heavy (non-hydrogen) atoms. The van der Waals surface area contributed by atoms with Crippen molar-refractivity contribution in [2.24, 2.45) is 0 Å². The van der Waals surface area contributed by atoms with Crippen LogP contribution in [0.3, 0.4) is 0 Å². The second-order valence-corrected chi connectivity index (χ2v) is 12.1. The standard InChI is InChI=1S/C42H30S2/c1-7-19-33(20-8-1)39(34-21-9-2-10-22-34)31-41(43-37-27-15-5-16-28-37)42(44-38-29-17-6-18-30-38)32-40(35-23-11-3-12-24-35)36-25-13-4-14-26-36/h1-30H. The summed E-state index contributed by atoms with van der Waals surface area (Å²) in [4.78, 5) is 4.28. The number of benzene rings is 6. The van der Waals surface area contributed by atoms with Gasteiger partial charge in [-0.1, -0.05) is 193 Å². The molecular formula is C42H30S2. The van der Waals surface area contributed by atoms with Crippen molar-refractivity contribution in [2.45, 2.75) is 9.79 Å². The molecule has 0 fully saturated rings. The zero-order chi connectivity index (χ0) is 29.8. The Kier molecular flexibility index (Phi) is 9.93. The van der Waals surface area contributed by atoms with Crippen LogP contribution in [0, 0.1) is 0 Å². The van der Waals surface area contributed by atoms with Gasteiger partial charge in [0.15, 0.2) is 0 Å². The van der Waals surface area contributed by atoms with E-state index < -0.39 is 0 Å². The summed E-state index contributed by atoms with van der Waals surface area (Å²) in [6.45, 7) is 0. The maximum absolute atomic E-state index is 3.93. The van der Waals surface area contributed by atoms with E-state index in [1.165, 1.54) is 0 Å². The van der Waals surface area contributed by atoms with Gasteiger partial charge in [0.2, 0.25) is 0 Å². The third-order valence-corrected chi connectivity index (χ3v) is 9.02. The molecule has 0 aromatic heterocycles. The van der Waals surface area contributed by atoms with Gasteiger partial charge in [-0.15, -0.1) is 0 Å². The molecule has 0 saturated carbocycles. The van der Waals surface area contributed by atoms with E-state index >= 15 is 0 Å². The predicted molar refractivity (Wildman–Crippen MR) is 189 cm³/mol. The summed E-state index contributed by atoms with van der Waals surface area (Å²) >= 11 is 3.43. The molecule has 0 unspecified atom stereocenters. The molecule has 2 heteroatoms. The van der Waals surface area contributed by atoms with Crippen LogP contribution in [0.1, 0.15) is 22.3 Å². The Hall–Kier alpha value is -4.94. The van der Waals surface area contributed by atoms with Gasteiger partial charge in [0, 0.05) is 20.9 Å². The van der Waals surface area contributed by atoms with E-state index in [9.17, 15) is 0 Å². The molecule has 0 radical (unpaired) electrons. The van der Waals surface area contributed by atoms with Gasteiger partial charge in [0.05, 0.1) is 9.81 Å². The molecule has 0 spiro atoms. The van der Waals surface area contributed by atoms with Crippen LogP contribution in [0.5, 0.6) is 0 Å². The molecule has 0 amide bonds. The van der Waals surface area contributed by atoms with Crippen molar-refractivity contribution in [1.29, 1.82) is 0 Å². The Morgan fingerprint density at radius 2 is 0.523 bits per heavy atom. The first-order valence-corrected chi connectivity index (χ1v) is 16.2. The first kappa shape index (κ1) is 29.1. The van der Waals surface area contributed by atoms with Gasteiger partial charge >= 0.3 is 0 Å². The average molecular weight is 599 g/mol. The molecule has 6 aromatic carbocycles. The van der Waals surface area contributed by atoms with Gasteiger partial charge in [0.25, 0.3) is 0 Å². The largest absolute Gasteiger partial charge is 0.0945 e. The van der Waals surface area contributed by atoms with E-state index in [0.29, 0.717) is 0 Å². The third-order valence-electron chi connectivity index (χ3n) is 6.86. The fourth-order valence-corrected chi connectivity index (χ4v) is 6.64. The lowest BCUT2D eigenvalue weighted by Gasteiger charge is -2.12. The predicted octanol–water partition coefficient (Wildman–Crippen LogP) is 11.8. The molecular weight excluding hydrogens is 569 g/mol. The van der Waals surface area contributed by atoms with Crippen molar-refractivity contribution in [3.8, 4) is 0 Å². The van der Waals surface area contributed by atoms with Crippen molar-refractivity contribution in [1.82, 2.24) is 0 Å². The molecule has 0 aliphatic heterocycles. The molecule has 0 N–H and O–H groups in total. The summed E-state index contributed by atoms with van der Waals surface area (Å²) in [6.07, 6.45) is 0. The molecule has 6 aromatic rings. The minimum absolute atomic E-state index is 0.997. The van der Waals surface area contributed by atoms with E-state index in [-0.39, 0.29) is 0 Å². The summed E-state index contributed by atoms with van der Waals surface area (Å²) in [5.41, 5.74) is 14.4. The first-order valence-electron chi connectivity index (χ1n) is 14.5. The van der Waals surface area contributed by atoms with Gasteiger partial charge < -0.3 is 0 Å². The SMILES string of the molecule is C(=C(Sc1ccccc1)C(=C=C(c1ccccc1)c1ccccc1)Sc1ccccc1)=C(c1ccccc1)c1ccccc1. The molecule has 210 valence electrons. The van der Waals surface area contributed by atoms with Gasteiger partial charge in [-0.2, -0.15) is 0 Å². The minimum atomic E-state index is 0.997. The Morgan fingerprint density at radius 3 is 0.773 bits per heavy atom. The Balaban J connectivity index is 1.71. The van der Waals surface area contributed by atoms with Crippen LogP contribution in [0.2, 0.25) is 0 Å². The summed E-state index contributed by atoms with van der Waals surface area (Å²) in [5.74, 6) is 0. The smallest absolute Gasteiger partial charge is 0.0765 e. The van der Waals surface area contributed by atoms with Crippen LogP contribution in [0.25, 0.3) is 11.1 Å². The lowest BCUT2D eigenvalue weighted by molar-refractivity contribution is 1.46. The summed E-state index contributed by atoms with van der Waals surface area (Å²) in [6, 6.07) is 63.2. The van der Waals surface area contributed by atoms with Gasteiger partial charge in [-0.25, -0.2) is 0 Å². The van der Waals surface area contributed by atoms with Crippen molar-refractivity contribution in [3.05, 3.63) is 226 Å². The fraction of sp³-hybridized carbons (Fsp3) is 0. The number of rotatable bonds is 9. The average Bonchev–Trinajstić information content (AvgIpc) is 3.11. The molecule has 0 aliphatic carbocycles. The van der Waals surface area contributed by atoms with Crippen LogP contribution >= 0.6 is 23.5 Å². The van der Waals surface area contributed by atoms with Crippen LogP contribution in [-0.4, -0.2) is 0 Å². The number of thioether (sulfide) groups is 2. The summed E-state index contributed by atoms with van der Waals surface area (Å²) in [7, 11) is 0. The van der Waals surface area contributed by atoms with E-state index in [4.69, 9.17) is 0 Å². The monoisotopic (exact) mass is 598 g/mol. The summed E-state index contributed by atoms with van der Waals surface area (Å²) < 4.78 is 0. The Labute approximate surface area is 268 Å². The van der Waals surface area contributed by atoms with Crippen molar-refractivity contribution in [2.75, 3.05) is 0 Å². The molecule has 0 saturated heterocycles. The van der Waals surface area contributed by atoms with Crippen molar-refractivity contribution >= 4 is 34.7 Å². The lowest BCUT2D eigenvalue weighted by atomic mass is 9.98. The summed E-state index contributed by atoms with van der Waals surface area (Å²) in [5, 5.41) is 0. The highest BCUT2D eigenvalue weighted by atomic mass is 32.2. The van der Waals surface area contributed by atoms with Gasteiger partial charge in [-0.3, -0.25) is 0 Å². The van der Waals surface area contributed by atoms with E-state index in [0.717, 1.165) is 53.0 Å². The Morgan fingerprint density at radius 1 is 0.295 bits per heavy atom. The first-order chi connectivity index (χ1) is 21.8. The molecule has 0 atom stereocenters. The van der Waals surface area contributed by atoms with Crippen molar-refractivity contribution in [3.63, 3.8) is 0 Å². The minimum Gasteiger partial charge on any atom is -0.0945 e. The van der Waals surface area contributed by atoms with Gasteiger partial charge in [-0.05, 0) is 46.5 Å². The van der Waals surface area contributed by atoms with E-state index in [1.54, 1.807) is 23.5 Å². The van der Waals surface area contributed by atoms with Crippen LogP contribution in [-0.2, 0) is 0 Å². The second kappa shape index (κ2) is 15.0. The molecule has 6 rings (SSSR count). The van der Waals surface area contributed by atoms with E-state index in [2.05, 4.69) is 193 Å². The fourth-order valence-electron chi connectivity index (χ4n) is 4.74. The topological polar surface area (TPSA) is 0 Å². The molecule has 0 heterocycles. The third kappa shape index (κ3) is 7.71. The zero-order valence-electron chi connectivity index (χ0n) is 24.1. The number of hydrogen-bond donors (Lipinski definition) is 0. The lowest BCUT2D eigenvalue weighted by Crippen LogP contribution is -1.90. The Bertz CT molecular complexity index is 1690. The maximum atomic E-state index is 3.93. The molecule has 0 nitrogen and oxygen atoms in total. The van der Waals surface area contributed by atoms with Crippen LogP contribution in [0.4, 0.5) is 0 Å². The van der Waals surface area contributed by atoms with E-state index in [1.807, 2.05) is 0 Å². The quantitative estimate of drug-likeness (QED) is 0.0922. The normalized spacial score (nSPS) is 10.3. The highest BCUT2D eigenvalue weighted by Crippen LogP contribution is 2.41. The molecule has 0 bridgehead atoms. The zero-order valence-corrected chi connectivity index (χ0v) is 25.8. The highest BCUT2D eigenvalue weighted by molar-refractivity contribution is 8.08.